The highest BCUT2D eigenvalue weighted by Gasteiger charge is 2.28. The first-order valence-electron chi connectivity index (χ1n) is 4.90. The molecule has 1 aromatic rings. The number of rotatable bonds is 0. The van der Waals surface area contributed by atoms with E-state index in [1.165, 1.54) is 5.56 Å². The second-order valence-corrected chi connectivity index (χ2v) is 3.80. The highest BCUT2D eigenvalue weighted by molar-refractivity contribution is 6.51. The van der Waals surface area contributed by atoms with Gasteiger partial charge < -0.3 is 0 Å². The lowest BCUT2D eigenvalue weighted by Gasteiger charge is -2.07. The smallest absolute Gasteiger partial charge is 0.207 e. The van der Waals surface area contributed by atoms with Crippen molar-refractivity contribution < 1.29 is 4.79 Å². The molecule has 72 valence electrons. The van der Waals surface area contributed by atoms with Crippen LogP contribution in [0.3, 0.4) is 0 Å². The van der Waals surface area contributed by atoms with Gasteiger partial charge in [0.25, 0.3) is 0 Å². The van der Waals surface area contributed by atoms with Crippen molar-refractivity contribution in [3.63, 3.8) is 0 Å². The molecule has 1 N–H and O–H groups in total. The van der Waals surface area contributed by atoms with Crippen LogP contribution in [0.25, 0.3) is 5.57 Å². The average Bonchev–Trinajstić information content (AvgIpc) is 2.63. The van der Waals surface area contributed by atoms with Crippen molar-refractivity contribution in [1.82, 2.24) is 0 Å². The molecule has 15 heavy (non-hydrogen) atoms. The van der Waals surface area contributed by atoms with Crippen molar-refractivity contribution in [2.24, 2.45) is 0 Å². The third-order valence-corrected chi connectivity index (χ3v) is 2.94. The molecule has 0 atom stereocenters. The molecular formula is C13H9NO. The van der Waals surface area contributed by atoms with Gasteiger partial charge in [-0.25, -0.2) is 0 Å². The third kappa shape index (κ3) is 1.05. The Hall–Kier alpha value is -1.96. The van der Waals surface area contributed by atoms with E-state index in [1.54, 1.807) is 6.08 Å². The lowest BCUT2D eigenvalue weighted by atomic mass is 9.95. The van der Waals surface area contributed by atoms with Crippen molar-refractivity contribution in [3.8, 4) is 0 Å². The summed E-state index contributed by atoms with van der Waals surface area (Å²) >= 11 is 0. The Morgan fingerprint density at radius 3 is 2.80 bits per heavy atom. The van der Waals surface area contributed by atoms with Crippen molar-refractivity contribution in [2.75, 3.05) is 0 Å². The Morgan fingerprint density at radius 1 is 1.13 bits per heavy atom. The van der Waals surface area contributed by atoms with E-state index in [0.717, 1.165) is 16.7 Å². The van der Waals surface area contributed by atoms with E-state index in [9.17, 15) is 4.79 Å². The van der Waals surface area contributed by atoms with E-state index in [1.807, 2.05) is 30.3 Å². The van der Waals surface area contributed by atoms with Crippen LogP contribution < -0.4 is 0 Å². The van der Waals surface area contributed by atoms with Crippen molar-refractivity contribution >= 4 is 17.1 Å². The normalized spacial score (nSPS) is 18.1. The van der Waals surface area contributed by atoms with Crippen molar-refractivity contribution in [2.45, 2.75) is 6.42 Å². The van der Waals surface area contributed by atoms with Gasteiger partial charge in [0.05, 0.1) is 0 Å². The lowest BCUT2D eigenvalue weighted by molar-refractivity contribution is -0.109. The first-order chi connectivity index (χ1) is 7.27. The molecule has 0 heterocycles. The number of carbonyl (C=O) groups excluding carboxylic acids is 1. The molecule has 2 heteroatoms. The fourth-order valence-corrected chi connectivity index (χ4v) is 2.18. The van der Waals surface area contributed by atoms with Crippen molar-refractivity contribution in [3.05, 3.63) is 53.1 Å². The minimum atomic E-state index is -0.122. The molecular weight excluding hydrogens is 186 g/mol. The van der Waals surface area contributed by atoms with E-state index in [-0.39, 0.29) is 11.5 Å². The van der Waals surface area contributed by atoms with E-state index in [4.69, 9.17) is 5.41 Å². The standard InChI is InChI=1S/C13H9NO/c14-12-6-5-10-9-4-2-1-3-8(9)7-11(10)13(12)15/h1-6,14H,7H2. The summed E-state index contributed by atoms with van der Waals surface area (Å²) < 4.78 is 0. The summed E-state index contributed by atoms with van der Waals surface area (Å²) in [5, 5.41) is 7.48. The number of ketones is 1. The van der Waals surface area contributed by atoms with Crippen LogP contribution in [0.15, 0.2) is 42.0 Å². The highest BCUT2D eigenvalue weighted by atomic mass is 16.1. The Bertz CT molecular complexity index is 549. The quantitative estimate of drug-likeness (QED) is 0.633. The maximum Gasteiger partial charge on any atom is 0.207 e. The van der Waals surface area contributed by atoms with Crippen LogP contribution in [0.4, 0.5) is 0 Å². The SMILES string of the molecule is N=C1C=CC2=C(Cc3ccccc32)C1=O. The predicted molar refractivity (Wildman–Crippen MR) is 58.9 cm³/mol. The summed E-state index contributed by atoms with van der Waals surface area (Å²) in [6, 6.07) is 8.03. The molecule has 0 radical (unpaired) electrons. The maximum absolute atomic E-state index is 11.7. The van der Waals surface area contributed by atoms with Gasteiger partial charge in [0.15, 0.2) is 0 Å². The van der Waals surface area contributed by atoms with E-state index in [0.29, 0.717) is 6.42 Å². The molecule has 0 unspecified atom stereocenters. The summed E-state index contributed by atoms with van der Waals surface area (Å²) in [7, 11) is 0. The molecule has 3 rings (SSSR count). The third-order valence-electron chi connectivity index (χ3n) is 2.94. The Labute approximate surface area is 87.4 Å². The highest BCUT2D eigenvalue weighted by Crippen LogP contribution is 2.35. The molecule has 0 fully saturated rings. The average molecular weight is 195 g/mol. The molecule has 0 aromatic heterocycles. The number of benzene rings is 1. The minimum absolute atomic E-state index is 0.0987. The van der Waals surface area contributed by atoms with Gasteiger partial charge in [0.1, 0.15) is 5.71 Å². The molecule has 2 nitrogen and oxygen atoms in total. The summed E-state index contributed by atoms with van der Waals surface area (Å²) in [4.78, 5) is 11.7. The van der Waals surface area contributed by atoms with E-state index < -0.39 is 0 Å². The monoisotopic (exact) mass is 195 g/mol. The molecule has 0 bridgehead atoms. The van der Waals surface area contributed by atoms with Gasteiger partial charge in [-0.05, 0) is 22.8 Å². The first kappa shape index (κ1) is 8.36. The first-order valence-corrected chi connectivity index (χ1v) is 4.90. The lowest BCUT2D eigenvalue weighted by Crippen LogP contribution is -2.16. The van der Waals surface area contributed by atoms with Crippen LogP contribution in [0.2, 0.25) is 0 Å². The van der Waals surface area contributed by atoms with Crippen LogP contribution in [0, 0.1) is 5.41 Å². The number of hydrogen-bond acceptors (Lipinski definition) is 2. The Kier molecular flexibility index (Phi) is 1.54. The summed E-state index contributed by atoms with van der Waals surface area (Å²) in [6.07, 6.45) is 4.14. The van der Waals surface area contributed by atoms with Crippen LogP contribution in [-0.4, -0.2) is 11.5 Å². The number of nitrogens with one attached hydrogen (secondary N) is 1. The van der Waals surface area contributed by atoms with Crippen molar-refractivity contribution in [1.29, 1.82) is 5.41 Å². The molecule has 0 saturated heterocycles. The zero-order valence-electron chi connectivity index (χ0n) is 8.08. The number of carbonyl (C=O) groups is 1. The van der Waals surface area contributed by atoms with E-state index >= 15 is 0 Å². The topological polar surface area (TPSA) is 40.9 Å². The summed E-state index contributed by atoms with van der Waals surface area (Å²) in [6.45, 7) is 0. The fourth-order valence-electron chi connectivity index (χ4n) is 2.18. The fraction of sp³-hybridized carbons (Fsp3) is 0.0769. The van der Waals surface area contributed by atoms with Gasteiger partial charge >= 0.3 is 0 Å². The van der Waals surface area contributed by atoms with Crippen LogP contribution in [0.1, 0.15) is 11.1 Å². The summed E-state index contributed by atoms with van der Waals surface area (Å²) in [5.41, 5.74) is 4.22. The van der Waals surface area contributed by atoms with Gasteiger partial charge in [-0.3, -0.25) is 10.2 Å². The van der Waals surface area contributed by atoms with Gasteiger partial charge in [0.2, 0.25) is 5.78 Å². The van der Waals surface area contributed by atoms with Gasteiger partial charge in [-0.15, -0.1) is 0 Å². The van der Waals surface area contributed by atoms with Crippen LogP contribution in [0.5, 0.6) is 0 Å². The van der Waals surface area contributed by atoms with Crippen LogP contribution >= 0.6 is 0 Å². The number of hydrogen-bond donors (Lipinski definition) is 1. The zero-order valence-corrected chi connectivity index (χ0v) is 8.08. The molecule has 0 spiro atoms. The molecule has 0 saturated carbocycles. The molecule has 0 aliphatic heterocycles. The number of Topliss-reactive ketones (excluding diaryl/α,β-unsaturated/α-hetero) is 1. The zero-order chi connectivity index (χ0) is 10.4. The predicted octanol–water partition coefficient (Wildman–Crippen LogP) is 2.15. The Balaban J connectivity index is 2.21. The van der Waals surface area contributed by atoms with Gasteiger partial charge in [-0.2, -0.15) is 0 Å². The summed E-state index contributed by atoms with van der Waals surface area (Å²) in [5.74, 6) is -0.122. The minimum Gasteiger partial charge on any atom is -0.297 e. The largest absolute Gasteiger partial charge is 0.297 e. The van der Waals surface area contributed by atoms with Gasteiger partial charge in [-0.1, -0.05) is 30.3 Å². The second-order valence-electron chi connectivity index (χ2n) is 3.80. The van der Waals surface area contributed by atoms with Gasteiger partial charge in [0, 0.05) is 12.0 Å². The molecule has 2 aliphatic rings. The number of allylic oxidation sites excluding steroid dienone is 4. The van der Waals surface area contributed by atoms with Crippen LogP contribution in [-0.2, 0) is 11.2 Å². The molecule has 0 amide bonds. The van der Waals surface area contributed by atoms with E-state index in [2.05, 4.69) is 0 Å². The maximum atomic E-state index is 11.7. The second kappa shape index (κ2) is 2.76. The Morgan fingerprint density at radius 2 is 1.93 bits per heavy atom. The number of fused-ring (bicyclic) bond motifs is 2. The molecule has 1 aromatic carbocycles. The molecule has 2 aliphatic carbocycles.